The van der Waals surface area contributed by atoms with Crippen molar-refractivity contribution in [3.8, 4) is 12.3 Å². The summed E-state index contributed by atoms with van der Waals surface area (Å²) < 4.78 is 3.14. The monoisotopic (exact) mass is 573 g/mol. The van der Waals surface area contributed by atoms with E-state index in [1.165, 1.54) is 11.9 Å². The van der Waals surface area contributed by atoms with Gasteiger partial charge >= 0.3 is 0 Å². The maximum atomic E-state index is 12.7. The number of anilines is 1. The lowest BCUT2D eigenvalue weighted by atomic mass is 10.0. The van der Waals surface area contributed by atoms with Crippen LogP contribution in [0.2, 0.25) is 5.02 Å². The number of hydrogen-bond acceptors (Lipinski definition) is 6. The molecule has 2 aromatic carbocycles. The van der Waals surface area contributed by atoms with Gasteiger partial charge in [-0.3, -0.25) is 4.79 Å². The number of carbonyl (C=O) groups is 1. The van der Waals surface area contributed by atoms with Crippen LogP contribution in [0.3, 0.4) is 0 Å². The Bertz CT molecular complexity index is 1350. The molecule has 1 aliphatic rings. The Morgan fingerprint density at radius 3 is 2.70 bits per heavy atom. The normalized spacial score (nSPS) is 14.0. The van der Waals surface area contributed by atoms with Crippen molar-refractivity contribution in [2.45, 2.75) is 44.4 Å². The number of nitrogens with two attached hydrogens (primary N) is 1. The molecule has 8 heteroatoms. The predicted molar refractivity (Wildman–Crippen MR) is 170 cm³/mol. The number of amides is 1. The van der Waals surface area contributed by atoms with Crippen LogP contribution in [0, 0.1) is 12.3 Å². The van der Waals surface area contributed by atoms with Crippen LogP contribution >= 0.6 is 23.5 Å². The number of hydrazone groups is 1. The molecule has 2 aromatic rings. The van der Waals surface area contributed by atoms with E-state index in [1.54, 1.807) is 24.3 Å². The maximum Gasteiger partial charge on any atom is 0.257 e. The number of carbonyl (C=O) groups excluding carboxylic acids is 1. The van der Waals surface area contributed by atoms with Crippen molar-refractivity contribution in [2.24, 2.45) is 10.8 Å². The van der Waals surface area contributed by atoms with E-state index in [0.717, 1.165) is 53.2 Å². The van der Waals surface area contributed by atoms with Crippen LogP contribution in [0.4, 0.5) is 5.69 Å². The van der Waals surface area contributed by atoms with Gasteiger partial charge in [0.25, 0.3) is 5.91 Å². The second-order valence-electron chi connectivity index (χ2n) is 8.89. The van der Waals surface area contributed by atoms with Gasteiger partial charge in [0.1, 0.15) is 0 Å². The third-order valence-corrected chi connectivity index (χ3v) is 7.18. The van der Waals surface area contributed by atoms with E-state index in [2.05, 4.69) is 59.3 Å². The summed E-state index contributed by atoms with van der Waals surface area (Å²) in [6.45, 7) is 5.02. The van der Waals surface area contributed by atoms with Gasteiger partial charge in [-0.25, -0.2) is 9.73 Å². The number of nitrogens with zero attached hydrogens (tertiary/aromatic N) is 2. The van der Waals surface area contributed by atoms with E-state index < -0.39 is 0 Å². The average Bonchev–Trinajstić information content (AvgIpc) is 2.98. The molecule has 6 nitrogen and oxygen atoms in total. The first-order valence-corrected chi connectivity index (χ1v) is 14.5. The van der Waals surface area contributed by atoms with E-state index in [0.29, 0.717) is 29.4 Å². The highest BCUT2D eigenvalue weighted by Gasteiger charge is 2.15. The summed E-state index contributed by atoms with van der Waals surface area (Å²) in [6.07, 6.45) is 18.8. The Morgan fingerprint density at radius 2 is 2.02 bits per heavy atom. The molecule has 0 saturated heterocycles. The van der Waals surface area contributed by atoms with Crippen molar-refractivity contribution in [3.63, 3.8) is 0 Å². The van der Waals surface area contributed by atoms with Crippen LogP contribution in [0.1, 0.15) is 49.9 Å². The fourth-order valence-corrected chi connectivity index (χ4v) is 4.74. The highest BCUT2D eigenvalue weighted by atomic mass is 35.5. The van der Waals surface area contributed by atoms with Gasteiger partial charge < -0.3 is 11.1 Å². The summed E-state index contributed by atoms with van der Waals surface area (Å²) in [4.78, 5) is 13.8. The van der Waals surface area contributed by atoms with E-state index in [9.17, 15) is 4.79 Å². The fourth-order valence-electron chi connectivity index (χ4n) is 3.92. The molecule has 0 aliphatic heterocycles. The maximum absolute atomic E-state index is 12.7. The first-order valence-electron chi connectivity index (χ1n) is 13.3. The summed E-state index contributed by atoms with van der Waals surface area (Å²) in [5.74, 6) is 2.33. The van der Waals surface area contributed by atoms with Gasteiger partial charge in [-0.2, -0.15) is 5.10 Å². The first-order chi connectivity index (χ1) is 19.5. The third-order valence-electron chi connectivity index (χ3n) is 6.06. The largest absolute Gasteiger partial charge is 0.330 e. The third kappa shape index (κ3) is 9.29. The second kappa shape index (κ2) is 16.5. The molecule has 0 saturated carbocycles. The van der Waals surface area contributed by atoms with Crippen molar-refractivity contribution in [1.82, 2.24) is 10.0 Å². The van der Waals surface area contributed by atoms with Crippen LogP contribution in [0.15, 0.2) is 106 Å². The Hall–Kier alpha value is -3.54. The van der Waals surface area contributed by atoms with Crippen LogP contribution in [-0.4, -0.2) is 24.7 Å². The van der Waals surface area contributed by atoms with Crippen LogP contribution in [-0.2, 0) is 0 Å². The molecule has 0 spiro atoms. The molecule has 1 aliphatic carbocycles. The average molecular weight is 574 g/mol. The van der Waals surface area contributed by atoms with Gasteiger partial charge in [-0.05, 0) is 105 Å². The van der Waals surface area contributed by atoms with Crippen LogP contribution in [0.5, 0.6) is 0 Å². The van der Waals surface area contributed by atoms with Gasteiger partial charge in [0, 0.05) is 16.3 Å². The Balaban J connectivity index is 1.83. The van der Waals surface area contributed by atoms with E-state index in [4.69, 9.17) is 28.9 Å². The molecule has 0 radical (unpaired) electrons. The number of nitrogens with one attached hydrogen (secondary N) is 2. The van der Waals surface area contributed by atoms with Gasteiger partial charge in [-0.1, -0.05) is 54.8 Å². The lowest BCUT2D eigenvalue weighted by molar-refractivity contribution is 0.0967. The van der Waals surface area contributed by atoms with Gasteiger partial charge in [0.2, 0.25) is 0 Å². The molecule has 0 fully saturated rings. The lowest BCUT2D eigenvalue weighted by Crippen LogP contribution is -2.22. The van der Waals surface area contributed by atoms with Crippen LogP contribution < -0.4 is 20.8 Å². The standard InChI is InChI=1S/C32H36ClN5OS/c1-4-22-35-40-29-18-16-27(17-19-29)38(37-26(6-3)20-21-34)28-11-9-10-24(23-28)14-15-25(5-2)36-32(39)30-12-7-8-13-31(30)33/h1,5,7-8,11-19,23,35H,6,9-10,20-22,34H2,2-3H3,(H,36,39)/b15-14-,25-5+,37-26+. The number of allylic oxidation sites excluding steroid dienone is 6. The Labute approximate surface area is 247 Å². The summed E-state index contributed by atoms with van der Waals surface area (Å²) >= 11 is 7.70. The smallest absolute Gasteiger partial charge is 0.257 e. The Morgan fingerprint density at radius 1 is 1.25 bits per heavy atom. The summed E-state index contributed by atoms with van der Waals surface area (Å²) in [6, 6.07) is 15.2. The number of rotatable bonds is 13. The van der Waals surface area contributed by atoms with E-state index in [-0.39, 0.29) is 5.91 Å². The zero-order valence-electron chi connectivity index (χ0n) is 23.0. The minimum absolute atomic E-state index is 0.245. The van der Waals surface area contributed by atoms with Crippen LogP contribution in [0.25, 0.3) is 0 Å². The molecule has 0 heterocycles. The zero-order chi connectivity index (χ0) is 28.7. The molecule has 0 unspecified atom stereocenters. The number of halogens is 1. The molecule has 3 rings (SSSR count). The van der Waals surface area contributed by atoms with Crippen molar-refractivity contribution >= 4 is 40.9 Å². The molecule has 0 bridgehead atoms. The minimum atomic E-state index is -0.245. The SMILES string of the molecule is C#CCNSc1ccc(N(/N=C(\CC)CCN)C2=CCCC(/C=C\C(=C/C)NC(=O)c3ccccc3Cl)=C2)cc1. The molecule has 40 heavy (non-hydrogen) atoms. The topological polar surface area (TPSA) is 82.8 Å². The van der Waals surface area contributed by atoms with Gasteiger partial charge in [0.15, 0.2) is 0 Å². The first kappa shape index (κ1) is 31.0. The molecule has 1 amide bonds. The summed E-state index contributed by atoms with van der Waals surface area (Å²) in [7, 11) is 0. The van der Waals surface area contributed by atoms with E-state index in [1.807, 2.05) is 30.2 Å². The predicted octanol–water partition coefficient (Wildman–Crippen LogP) is 6.99. The fraction of sp³-hybridized carbons (Fsp3) is 0.250. The van der Waals surface area contributed by atoms with E-state index >= 15 is 0 Å². The summed E-state index contributed by atoms with van der Waals surface area (Å²) in [5, 5.41) is 10.4. The zero-order valence-corrected chi connectivity index (χ0v) is 24.6. The highest BCUT2D eigenvalue weighted by molar-refractivity contribution is 7.97. The molecule has 0 aromatic heterocycles. The number of benzene rings is 2. The van der Waals surface area contributed by atoms with Gasteiger partial charge in [0.05, 0.1) is 28.5 Å². The quantitative estimate of drug-likeness (QED) is 0.0601. The second-order valence-corrected chi connectivity index (χ2v) is 10.3. The number of hydrogen-bond donors (Lipinski definition) is 3. The molecule has 0 atom stereocenters. The van der Waals surface area contributed by atoms with Crippen molar-refractivity contribution in [1.29, 1.82) is 0 Å². The Kier molecular flexibility index (Phi) is 12.8. The van der Waals surface area contributed by atoms with Gasteiger partial charge in [-0.15, -0.1) is 6.42 Å². The van der Waals surface area contributed by atoms with Crippen molar-refractivity contribution in [2.75, 3.05) is 18.1 Å². The van der Waals surface area contributed by atoms with Crippen molar-refractivity contribution in [3.05, 3.63) is 106 Å². The molecular weight excluding hydrogens is 538 g/mol. The molecular formula is C32H36ClN5OS. The highest BCUT2D eigenvalue weighted by Crippen LogP contribution is 2.29. The summed E-state index contributed by atoms with van der Waals surface area (Å²) in [5.41, 5.74) is 11.1. The lowest BCUT2D eigenvalue weighted by Gasteiger charge is -2.25. The molecule has 208 valence electrons. The minimum Gasteiger partial charge on any atom is -0.330 e. The molecule has 4 N–H and O–H groups in total. The number of terminal acetylenes is 1. The van der Waals surface area contributed by atoms with Crippen molar-refractivity contribution < 1.29 is 4.79 Å².